The molecule has 0 radical (unpaired) electrons. The summed E-state index contributed by atoms with van der Waals surface area (Å²) in [5.74, 6) is 1.95. The predicted molar refractivity (Wildman–Crippen MR) is 69.1 cm³/mol. The minimum absolute atomic E-state index is 0.597. The SMILES string of the molecule is COCc1ccccc1-c1nc2n(n1)CCCC2. The van der Waals surface area contributed by atoms with Gasteiger partial charge in [0.05, 0.1) is 6.61 Å². The molecule has 0 bridgehead atoms. The molecule has 0 fully saturated rings. The zero-order chi connectivity index (χ0) is 12.4. The van der Waals surface area contributed by atoms with Crippen molar-refractivity contribution in [3.8, 4) is 11.4 Å². The smallest absolute Gasteiger partial charge is 0.181 e. The van der Waals surface area contributed by atoms with Crippen molar-refractivity contribution in [2.24, 2.45) is 0 Å². The number of hydrogen-bond donors (Lipinski definition) is 0. The number of aryl methyl sites for hydroxylation is 2. The van der Waals surface area contributed by atoms with Gasteiger partial charge in [0.25, 0.3) is 0 Å². The maximum Gasteiger partial charge on any atom is 0.181 e. The second-order valence-electron chi connectivity index (χ2n) is 4.62. The Bertz CT molecular complexity index is 524. The lowest BCUT2D eigenvalue weighted by molar-refractivity contribution is 0.185. The average Bonchev–Trinajstić information content (AvgIpc) is 2.83. The van der Waals surface area contributed by atoms with E-state index < -0.39 is 0 Å². The van der Waals surface area contributed by atoms with Crippen LogP contribution in [0.3, 0.4) is 0 Å². The van der Waals surface area contributed by atoms with Crippen LogP contribution in [-0.4, -0.2) is 21.9 Å². The number of hydrogen-bond acceptors (Lipinski definition) is 3. The fraction of sp³-hybridized carbons (Fsp3) is 0.429. The molecule has 0 unspecified atom stereocenters. The highest BCUT2D eigenvalue weighted by Crippen LogP contribution is 2.23. The van der Waals surface area contributed by atoms with E-state index in [0.29, 0.717) is 6.61 Å². The molecule has 0 N–H and O–H groups in total. The summed E-state index contributed by atoms with van der Waals surface area (Å²) >= 11 is 0. The number of ether oxygens (including phenoxy) is 1. The summed E-state index contributed by atoms with van der Waals surface area (Å²) in [5.41, 5.74) is 2.23. The van der Waals surface area contributed by atoms with Gasteiger partial charge in [-0.2, -0.15) is 5.10 Å². The van der Waals surface area contributed by atoms with Crippen LogP contribution in [0.1, 0.15) is 24.2 Å². The van der Waals surface area contributed by atoms with Gasteiger partial charge in [-0.25, -0.2) is 9.67 Å². The van der Waals surface area contributed by atoms with Crippen LogP contribution in [0, 0.1) is 0 Å². The zero-order valence-electron chi connectivity index (χ0n) is 10.6. The number of rotatable bonds is 3. The second kappa shape index (κ2) is 4.90. The number of nitrogens with zero attached hydrogens (tertiary/aromatic N) is 3. The quantitative estimate of drug-likeness (QED) is 0.831. The lowest BCUT2D eigenvalue weighted by Crippen LogP contribution is -2.11. The van der Waals surface area contributed by atoms with E-state index in [0.717, 1.165) is 35.7 Å². The molecule has 3 rings (SSSR count). The van der Waals surface area contributed by atoms with Crippen molar-refractivity contribution in [2.45, 2.75) is 32.4 Å². The van der Waals surface area contributed by atoms with Gasteiger partial charge in [-0.1, -0.05) is 24.3 Å². The first kappa shape index (κ1) is 11.4. The fourth-order valence-corrected chi connectivity index (χ4v) is 2.42. The second-order valence-corrected chi connectivity index (χ2v) is 4.62. The maximum atomic E-state index is 5.23. The highest BCUT2D eigenvalue weighted by atomic mass is 16.5. The monoisotopic (exact) mass is 243 g/mol. The summed E-state index contributed by atoms with van der Waals surface area (Å²) in [6, 6.07) is 8.18. The molecule has 0 spiro atoms. The van der Waals surface area contributed by atoms with Gasteiger partial charge in [-0.15, -0.1) is 0 Å². The highest BCUT2D eigenvalue weighted by molar-refractivity contribution is 5.59. The number of benzene rings is 1. The van der Waals surface area contributed by atoms with Crippen molar-refractivity contribution in [1.82, 2.24) is 14.8 Å². The molecule has 0 saturated carbocycles. The lowest BCUT2D eigenvalue weighted by atomic mass is 10.1. The van der Waals surface area contributed by atoms with Crippen molar-refractivity contribution in [3.63, 3.8) is 0 Å². The van der Waals surface area contributed by atoms with Crippen LogP contribution in [0.2, 0.25) is 0 Å². The molecule has 18 heavy (non-hydrogen) atoms. The Morgan fingerprint density at radius 2 is 2.17 bits per heavy atom. The van der Waals surface area contributed by atoms with Crippen LogP contribution in [-0.2, 0) is 24.3 Å². The van der Waals surface area contributed by atoms with Gasteiger partial charge in [0.2, 0.25) is 0 Å². The van der Waals surface area contributed by atoms with E-state index in [2.05, 4.69) is 22.2 Å². The summed E-state index contributed by atoms with van der Waals surface area (Å²) < 4.78 is 7.27. The van der Waals surface area contributed by atoms with Gasteiger partial charge in [0.15, 0.2) is 5.82 Å². The van der Waals surface area contributed by atoms with Gasteiger partial charge < -0.3 is 4.74 Å². The zero-order valence-corrected chi connectivity index (χ0v) is 10.6. The third-order valence-electron chi connectivity index (χ3n) is 3.33. The molecule has 94 valence electrons. The number of aromatic nitrogens is 3. The Morgan fingerprint density at radius 1 is 1.28 bits per heavy atom. The minimum Gasteiger partial charge on any atom is -0.380 e. The van der Waals surface area contributed by atoms with Gasteiger partial charge in [0, 0.05) is 25.6 Å². The molecule has 1 aromatic carbocycles. The van der Waals surface area contributed by atoms with Crippen LogP contribution in [0.15, 0.2) is 24.3 Å². The third kappa shape index (κ3) is 2.04. The molecule has 4 heteroatoms. The lowest BCUT2D eigenvalue weighted by Gasteiger charge is -2.09. The topological polar surface area (TPSA) is 39.9 Å². The molecule has 1 aliphatic rings. The van der Waals surface area contributed by atoms with Crippen LogP contribution >= 0.6 is 0 Å². The highest BCUT2D eigenvalue weighted by Gasteiger charge is 2.16. The van der Waals surface area contributed by atoms with Crippen LogP contribution in [0.4, 0.5) is 0 Å². The molecule has 0 aliphatic carbocycles. The first-order valence-electron chi connectivity index (χ1n) is 6.39. The fourth-order valence-electron chi connectivity index (χ4n) is 2.42. The van der Waals surface area contributed by atoms with Crippen molar-refractivity contribution in [1.29, 1.82) is 0 Å². The van der Waals surface area contributed by atoms with Crippen LogP contribution in [0.25, 0.3) is 11.4 Å². The van der Waals surface area contributed by atoms with Crippen molar-refractivity contribution in [3.05, 3.63) is 35.7 Å². The summed E-state index contributed by atoms with van der Waals surface area (Å²) in [6.45, 7) is 1.59. The van der Waals surface area contributed by atoms with E-state index in [-0.39, 0.29) is 0 Å². The molecule has 0 saturated heterocycles. The number of fused-ring (bicyclic) bond motifs is 1. The average molecular weight is 243 g/mol. The molecule has 2 heterocycles. The standard InChI is InChI=1S/C14H17N3O/c1-18-10-11-6-2-3-7-12(11)14-15-13-8-4-5-9-17(13)16-14/h2-3,6-7H,4-5,8-10H2,1H3. The summed E-state index contributed by atoms with van der Waals surface area (Å²) in [7, 11) is 1.71. The predicted octanol–water partition coefficient (Wildman–Crippen LogP) is 2.43. The van der Waals surface area contributed by atoms with Gasteiger partial charge >= 0.3 is 0 Å². The van der Waals surface area contributed by atoms with Gasteiger partial charge in [0.1, 0.15) is 5.82 Å². The summed E-state index contributed by atoms with van der Waals surface area (Å²) in [4.78, 5) is 4.66. The van der Waals surface area contributed by atoms with Gasteiger partial charge in [-0.3, -0.25) is 0 Å². The molecule has 1 aromatic heterocycles. The Balaban J connectivity index is 2.01. The molecule has 1 aliphatic heterocycles. The number of methoxy groups -OCH3 is 1. The molecule has 2 aromatic rings. The Kier molecular flexibility index (Phi) is 3.11. The third-order valence-corrected chi connectivity index (χ3v) is 3.33. The molecule has 0 atom stereocenters. The molecule has 4 nitrogen and oxygen atoms in total. The molecular formula is C14H17N3O. The Labute approximate surface area is 107 Å². The summed E-state index contributed by atoms with van der Waals surface area (Å²) in [5, 5.41) is 4.61. The van der Waals surface area contributed by atoms with E-state index >= 15 is 0 Å². The van der Waals surface area contributed by atoms with E-state index in [1.165, 1.54) is 12.8 Å². The maximum absolute atomic E-state index is 5.23. The molecular weight excluding hydrogens is 226 g/mol. The van der Waals surface area contributed by atoms with Crippen molar-refractivity contribution >= 4 is 0 Å². The van der Waals surface area contributed by atoms with E-state index in [9.17, 15) is 0 Å². The first-order valence-corrected chi connectivity index (χ1v) is 6.39. The largest absolute Gasteiger partial charge is 0.380 e. The van der Waals surface area contributed by atoms with E-state index in [4.69, 9.17) is 4.74 Å². The van der Waals surface area contributed by atoms with Crippen LogP contribution < -0.4 is 0 Å². The van der Waals surface area contributed by atoms with Crippen LogP contribution in [0.5, 0.6) is 0 Å². The Morgan fingerprint density at radius 3 is 3.00 bits per heavy atom. The van der Waals surface area contributed by atoms with E-state index in [1.54, 1.807) is 7.11 Å². The van der Waals surface area contributed by atoms with Crippen molar-refractivity contribution < 1.29 is 4.74 Å². The summed E-state index contributed by atoms with van der Waals surface area (Å²) in [6.07, 6.45) is 3.47. The molecule has 0 amide bonds. The van der Waals surface area contributed by atoms with Gasteiger partial charge in [-0.05, 0) is 18.4 Å². The minimum atomic E-state index is 0.597. The normalized spacial score (nSPS) is 14.5. The van der Waals surface area contributed by atoms with E-state index in [1.807, 2.05) is 16.8 Å². The van der Waals surface area contributed by atoms with Crippen molar-refractivity contribution in [2.75, 3.05) is 7.11 Å². The first-order chi connectivity index (χ1) is 8.88. The Hall–Kier alpha value is -1.68.